The summed E-state index contributed by atoms with van der Waals surface area (Å²) >= 11 is 14.8. The van der Waals surface area contributed by atoms with Gasteiger partial charge < -0.3 is 10.6 Å². The third-order valence-corrected chi connectivity index (χ3v) is 5.96. The van der Waals surface area contributed by atoms with Crippen molar-refractivity contribution in [2.24, 2.45) is 0 Å². The van der Waals surface area contributed by atoms with Crippen LogP contribution in [0.2, 0.25) is 5.02 Å². The van der Waals surface area contributed by atoms with E-state index >= 15 is 0 Å². The van der Waals surface area contributed by atoms with E-state index in [0.717, 1.165) is 15.2 Å². The zero-order valence-corrected chi connectivity index (χ0v) is 20.2. The van der Waals surface area contributed by atoms with E-state index in [1.54, 1.807) is 54.6 Å². The molecule has 4 aromatic rings. The molecule has 3 N–H and O–H groups in total. The van der Waals surface area contributed by atoms with E-state index in [9.17, 15) is 9.59 Å². The molecule has 0 radical (unpaired) electrons. The summed E-state index contributed by atoms with van der Waals surface area (Å²) in [5.41, 5.74) is 2.27. The summed E-state index contributed by atoms with van der Waals surface area (Å²) in [7, 11) is 0. The molecule has 2 amide bonds. The van der Waals surface area contributed by atoms with Gasteiger partial charge in [-0.1, -0.05) is 57.9 Å². The first-order valence-electron chi connectivity index (χ1n) is 9.87. The van der Waals surface area contributed by atoms with Gasteiger partial charge in [0, 0.05) is 32.0 Å². The highest BCUT2D eigenvalue weighted by molar-refractivity contribution is 9.10. The third kappa shape index (κ3) is 5.57. The summed E-state index contributed by atoms with van der Waals surface area (Å²) in [6.45, 7) is 0. The van der Waals surface area contributed by atoms with Crippen molar-refractivity contribution in [2.75, 3.05) is 10.6 Å². The average Bonchev–Trinajstić information content (AvgIpc) is 2.80. The van der Waals surface area contributed by atoms with E-state index in [-0.39, 0.29) is 16.9 Å². The molecule has 0 heterocycles. The van der Waals surface area contributed by atoms with Crippen LogP contribution in [0.25, 0.3) is 10.8 Å². The van der Waals surface area contributed by atoms with Crippen molar-refractivity contribution >= 4 is 78.8 Å². The lowest BCUT2D eigenvalue weighted by Crippen LogP contribution is -2.34. The molecule has 0 aliphatic heterocycles. The van der Waals surface area contributed by atoms with Crippen LogP contribution in [0.15, 0.2) is 89.4 Å². The molecule has 0 bridgehead atoms. The molecule has 0 spiro atoms. The molecule has 164 valence electrons. The molecule has 33 heavy (non-hydrogen) atoms. The summed E-state index contributed by atoms with van der Waals surface area (Å²) < 4.78 is 0.915. The first-order chi connectivity index (χ1) is 15.9. The Morgan fingerprint density at radius 1 is 0.758 bits per heavy atom. The van der Waals surface area contributed by atoms with Crippen molar-refractivity contribution in [3.63, 3.8) is 0 Å². The minimum atomic E-state index is -0.304. The van der Waals surface area contributed by atoms with Crippen LogP contribution in [-0.2, 0) is 0 Å². The number of rotatable bonds is 4. The largest absolute Gasteiger partial charge is 0.332 e. The number of benzene rings is 4. The Bertz CT molecular complexity index is 1380. The van der Waals surface area contributed by atoms with Crippen molar-refractivity contribution < 1.29 is 9.59 Å². The Morgan fingerprint density at radius 3 is 2.12 bits per heavy atom. The van der Waals surface area contributed by atoms with Crippen LogP contribution in [0.1, 0.15) is 20.7 Å². The van der Waals surface area contributed by atoms with Crippen LogP contribution >= 0.6 is 39.7 Å². The fraction of sp³-hybridized carbons (Fsp3) is 0. The van der Waals surface area contributed by atoms with Crippen LogP contribution in [0, 0.1) is 0 Å². The lowest BCUT2D eigenvalue weighted by atomic mass is 10.0. The van der Waals surface area contributed by atoms with Crippen molar-refractivity contribution in [3.8, 4) is 0 Å². The van der Waals surface area contributed by atoms with E-state index in [4.69, 9.17) is 23.8 Å². The molecular weight excluding hydrogens is 522 g/mol. The second-order valence-corrected chi connectivity index (χ2v) is 8.79. The topological polar surface area (TPSA) is 70.2 Å². The Labute approximate surface area is 209 Å². The molecule has 0 saturated carbocycles. The van der Waals surface area contributed by atoms with E-state index in [2.05, 4.69) is 31.9 Å². The summed E-state index contributed by atoms with van der Waals surface area (Å²) in [5.74, 6) is -0.565. The van der Waals surface area contributed by atoms with Crippen LogP contribution < -0.4 is 16.0 Å². The highest BCUT2D eigenvalue weighted by Gasteiger charge is 2.13. The predicted molar refractivity (Wildman–Crippen MR) is 141 cm³/mol. The first-order valence-corrected chi connectivity index (χ1v) is 11.5. The van der Waals surface area contributed by atoms with E-state index in [1.165, 1.54) is 0 Å². The zero-order chi connectivity index (χ0) is 23.4. The van der Waals surface area contributed by atoms with Crippen molar-refractivity contribution in [1.82, 2.24) is 5.32 Å². The van der Waals surface area contributed by atoms with Gasteiger partial charge >= 0.3 is 0 Å². The van der Waals surface area contributed by atoms with Gasteiger partial charge in [-0.2, -0.15) is 0 Å². The number of fused-ring (bicyclic) bond motifs is 1. The minimum absolute atomic E-state index is 0.169. The minimum Gasteiger partial charge on any atom is -0.332 e. The molecule has 0 unspecified atom stereocenters. The van der Waals surface area contributed by atoms with Gasteiger partial charge in [0.05, 0.1) is 0 Å². The van der Waals surface area contributed by atoms with E-state index < -0.39 is 0 Å². The lowest BCUT2D eigenvalue weighted by Gasteiger charge is -2.12. The first kappa shape index (κ1) is 22.9. The van der Waals surface area contributed by atoms with Gasteiger partial charge in [0.15, 0.2) is 5.11 Å². The molecule has 4 aromatic carbocycles. The number of carbonyl (C=O) groups excluding carboxylic acids is 2. The molecule has 0 fully saturated rings. The molecule has 0 aliphatic carbocycles. The quantitative estimate of drug-likeness (QED) is 0.255. The molecule has 0 saturated heterocycles. The number of nitrogens with one attached hydrogen (secondary N) is 3. The van der Waals surface area contributed by atoms with Gasteiger partial charge in [0.1, 0.15) is 0 Å². The van der Waals surface area contributed by atoms with Crippen molar-refractivity contribution in [1.29, 1.82) is 0 Å². The van der Waals surface area contributed by atoms with Gasteiger partial charge in [-0.25, -0.2) is 0 Å². The summed E-state index contributed by atoms with van der Waals surface area (Å²) in [6, 6.07) is 24.9. The van der Waals surface area contributed by atoms with Gasteiger partial charge in [0.25, 0.3) is 11.8 Å². The maximum absolute atomic E-state index is 12.8. The zero-order valence-electron chi connectivity index (χ0n) is 17.1. The van der Waals surface area contributed by atoms with E-state index in [0.29, 0.717) is 27.5 Å². The number of anilines is 2. The summed E-state index contributed by atoms with van der Waals surface area (Å²) in [4.78, 5) is 25.1. The van der Waals surface area contributed by atoms with Gasteiger partial charge in [-0.05, 0) is 77.6 Å². The Morgan fingerprint density at radius 2 is 1.39 bits per heavy atom. The van der Waals surface area contributed by atoms with E-state index in [1.807, 2.05) is 30.3 Å². The van der Waals surface area contributed by atoms with Crippen LogP contribution in [0.5, 0.6) is 0 Å². The maximum Gasteiger partial charge on any atom is 0.258 e. The standard InChI is InChI=1S/C25H17BrClN3O2S/c26-22-9-3-6-19-20(22)7-2-8-21(19)24(32)30-25(33)29-18-12-10-17(11-13-18)28-23(31)15-4-1-5-16(27)14-15/h1-14H,(H,28,31)(H2,29,30,32,33). The molecule has 5 nitrogen and oxygen atoms in total. The maximum atomic E-state index is 12.8. The number of hydrogen-bond acceptors (Lipinski definition) is 3. The molecule has 8 heteroatoms. The normalized spacial score (nSPS) is 10.5. The fourth-order valence-electron chi connectivity index (χ4n) is 3.27. The fourth-order valence-corrected chi connectivity index (χ4v) is 4.17. The molecule has 4 rings (SSSR count). The van der Waals surface area contributed by atoms with Crippen molar-refractivity contribution in [3.05, 3.63) is 106 Å². The van der Waals surface area contributed by atoms with Gasteiger partial charge in [-0.15, -0.1) is 0 Å². The van der Waals surface area contributed by atoms with Crippen LogP contribution in [-0.4, -0.2) is 16.9 Å². The van der Waals surface area contributed by atoms with Crippen molar-refractivity contribution in [2.45, 2.75) is 0 Å². The lowest BCUT2D eigenvalue weighted by molar-refractivity contribution is 0.0978. The molecule has 0 atom stereocenters. The summed E-state index contributed by atoms with van der Waals surface area (Å²) in [6.07, 6.45) is 0. The number of amides is 2. The second-order valence-electron chi connectivity index (χ2n) is 7.09. The van der Waals surface area contributed by atoms with Gasteiger partial charge in [0.2, 0.25) is 0 Å². The molecular formula is C25H17BrClN3O2S. The monoisotopic (exact) mass is 537 g/mol. The number of carbonyl (C=O) groups is 2. The number of thiocarbonyl (C=S) groups is 1. The highest BCUT2D eigenvalue weighted by atomic mass is 79.9. The highest BCUT2D eigenvalue weighted by Crippen LogP contribution is 2.26. The molecule has 0 aromatic heterocycles. The Kier molecular flexibility index (Phi) is 7.03. The predicted octanol–water partition coefficient (Wildman–Crippen LogP) is 6.63. The number of hydrogen-bond donors (Lipinski definition) is 3. The Balaban J connectivity index is 1.39. The Hall–Kier alpha value is -3.26. The van der Waals surface area contributed by atoms with Gasteiger partial charge in [-0.3, -0.25) is 14.9 Å². The average molecular weight is 539 g/mol. The second kappa shape index (κ2) is 10.1. The smallest absolute Gasteiger partial charge is 0.258 e. The summed E-state index contributed by atoms with van der Waals surface area (Å²) in [5, 5.41) is 10.9. The van der Waals surface area contributed by atoms with Crippen LogP contribution in [0.3, 0.4) is 0 Å². The number of halogens is 2. The van der Waals surface area contributed by atoms with Crippen LogP contribution in [0.4, 0.5) is 11.4 Å². The third-order valence-electron chi connectivity index (χ3n) is 4.83. The molecule has 0 aliphatic rings. The SMILES string of the molecule is O=C(Nc1ccc(NC(=S)NC(=O)c2cccc3c(Br)cccc23)cc1)c1cccc(Cl)c1.